The van der Waals surface area contributed by atoms with Crippen LogP contribution in [-0.2, 0) is 0 Å². The molecule has 0 aromatic carbocycles. The third kappa shape index (κ3) is 9.01. The fraction of sp³-hybridized carbons (Fsp3) is 1.00. The average Bonchev–Trinajstić information content (AvgIpc) is 1.98. The van der Waals surface area contributed by atoms with E-state index in [4.69, 9.17) is 0 Å². The summed E-state index contributed by atoms with van der Waals surface area (Å²) < 4.78 is 0.444. The first-order valence-corrected chi connectivity index (χ1v) is 7.39. The third-order valence-corrected chi connectivity index (χ3v) is 5.72. The third-order valence-electron chi connectivity index (χ3n) is 1.79. The average molecular weight is 220 g/mol. The van der Waals surface area contributed by atoms with Crippen LogP contribution in [0.25, 0.3) is 0 Å². The second-order valence-electron chi connectivity index (χ2n) is 4.92. The molecule has 2 heteroatoms. The molecule has 0 aliphatic carbocycles. The normalized spacial score (nSPS) is 12.9. The fourth-order valence-corrected chi connectivity index (χ4v) is 3.17. The number of rotatable bonds is 6. The molecule has 0 spiro atoms. The van der Waals surface area contributed by atoms with Gasteiger partial charge in [-0.25, -0.2) is 0 Å². The Balaban J connectivity index is 3.66. The Labute approximate surface area is 92.0 Å². The Morgan fingerprint density at radius 1 is 1.08 bits per heavy atom. The molecule has 0 heterocycles. The molecule has 0 aromatic heterocycles. The van der Waals surface area contributed by atoms with Crippen molar-refractivity contribution in [1.82, 2.24) is 0 Å². The molecule has 0 saturated carbocycles. The van der Waals surface area contributed by atoms with Crippen LogP contribution in [0.2, 0.25) is 0 Å². The van der Waals surface area contributed by atoms with Gasteiger partial charge in [-0.1, -0.05) is 49.3 Å². The smallest absolute Gasteiger partial charge is 0.0207 e. The lowest BCUT2D eigenvalue weighted by Crippen LogP contribution is -2.14. The van der Waals surface area contributed by atoms with Crippen LogP contribution in [0.15, 0.2) is 0 Å². The van der Waals surface area contributed by atoms with Gasteiger partial charge >= 0.3 is 0 Å². The van der Waals surface area contributed by atoms with Crippen molar-refractivity contribution in [2.24, 2.45) is 5.92 Å². The van der Waals surface area contributed by atoms with E-state index in [1.165, 1.54) is 12.8 Å². The van der Waals surface area contributed by atoms with E-state index in [-0.39, 0.29) is 0 Å². The molecule has 0 aliphatic rings. The van der Waals surface area contributed by atoms with Crippen molar-refractivity contribution in [1.29, 1.82) is 0 Å². The van der Waals surface area contributed by atoms with Gasteiger partial charge in [0.2, 0.25) is 0 Å². The van der Waals surface area contributed by atoms with Gasteiger partial charge in [-0.3, -0.25) is 0 Å². The van der Waals surface area contributed by atoms with E-state index in [9.17, 15) is 0 Å². The van der Waals surface area contributed by atoms with Gasteiger partial charge in [-0.2, -0.15) is 0 Å². The lowest BCUT2D eigenvalue weighted by atomic mass is 10.0. The van der Waals surface area contributed by atoms with Gasteiger partial charge < -0.3 is 0 Å². The molecule has 0 radical (unpaired) electrons. The van der Waals surface area contributed by atoms with Gasteiger partial charge in [-0.05, 0) is 32.6 Å². The van der Waals surface area contributed by atoms with Gasteiger partial charge in [0.15, 0.2) is 0 Å². The Kier molecular flexibility index (Phi) is 6.57. The predicted molar refractivity (Wildman–Crippen MR) is 68.5 cm³/mol. The van der Waals surface area contributed by atoms with Crippen molar-refractivity contribution in [3.05, 3.63) is 0 Å². The molecule has 0 saturated heterocycles. The first-order chi connectivity index (χ1) is 5.83. The second-order valence-corrected chi connectivity index (χ2v) is 8.40. The van der Waals surface area contributed by atoms with Crippen LogP contribution >= 0.6 is 21.6 Å². The summed E-state index contributed by atoms with van der Waals surface area (Å²) in [5, 5.41) is 0.739. The fourth-order valence-electron chi connectivity index (χ4n) is 0.904. The van der Waals surface area contributed by atoms with Crippen LogP contribution in [0.5, 0.6) is 0 Å². The Hall–Kier alpha value is 0.700. The Morgan fingerprint density at radius 3 is 2.00 bits per heavy atom. The molecule has 0 fully saturated rings. The van der Waals surface area contributed by atoms with Gasteiger partial charge in [0.1, 0.15) is 0 Å². The molecule has 0 N–H and O–H groups in total. The summed E-state index contributed by atoms with van der Waals surface area (Å²) in [5.74, 6) is 0.837. The van der Waals surface area contributed by atoms with Crippen molar-refractivity contribution in [2.45, 2.75) is 64.4 Å². The lowest BCUT2D eigenvalue weighted by Gasteiger charge is -2.24. The highest BCUT2D eigenvalue weighted by molar-refractivity contribution is 8.77. The molecular weight excluding hydrogens is 196 g/mol. The van der Waals surface area contributed by atoms with E-state index in [1.54, 1.807) is 0 Å². The first kappa shape index (κ1) is 13.7. The van der Waals surface area contributed by atoms with Gasteiger partial charge in [-0.15, -0.1) is 0 Å². The summed E-state index contributed by atoms with van der Waals surface area (Å²) in [5.41, 5.74) is 0. The summed E-state index contributed by atoms with van der Waals surface area (Å²) in [7, 11) is 4.05. The molecule has 0 amide bonds. The highest BCUT2D eigenvalue weighted by atomic mass is 33.1. The lowest BCUT2D eigenvalue weighted by molar-refractivity contribution is 0.503. The maximum atomic E-state index is 2.36. The topological polar surface area (TPSA) is 0 Å². The highest BCUT2D eigenvalue weighted by Crippen LogP contribution is 2.41. The minimum Gasteiger partial charge on any atom is -0.0908 e. The molecule has 0 nitrogen and oxygen atoms in total. The zero-order valence-corrected chi connectivity index (χ0v) is 11.5. The van der Waals surface area contributed by atoms with E-state index >= 15 is 0 Å². The summed E-state index contributed by atoms with van der Waals surface area (Å²) in [4.78, 5) is 0. The zero-order valence-electron chi connectivity index (χ0n) is 9.89. The molecule has 13 heavy (non-hydrogen) atoms. The quantitative estimate of drug-likeness (QED) is 0.578. The van der Waals surface area contributed by atoms with E-state index in [0.29, 0.717) is 4.75 Å². The van der Waals surface area contributed by atoms with Crippen LogP contribution in [0.4, 0.5) is 0 Å². The summed E-state index contributed by atoms with van der Waals surface area (Å²) in [6.07, 6.45) is 2.67. The van der Waals surface area contributed by atoms with Crippen molar-refractivity contribution >= 4 is 21.6 Å². The largest absolute Gasteiger partial charge is 0.0908 e. The monoisotopic (exact) mass is 220 g/mol. The summed E-state index contributed by atoms with van der Waals surface area (Å²) in [6.45, 7) is 13.8. The molecule has 0 aromatic rings. The number of hydrogen-bond acceptors (Lipinski definition) is 2. The summed E-state index contributed by atoms with van der Waals surface area (Å²) in [6, 6.07) is 0. The van der Waals surface area contributed by atoms with Crippen LogP contribution in [-0.4, -0.2) is 10.00 Å². The summed E-state index contributed by atoms with van der Waals surface area (Å²) >= 11 is 0. The van der Waals surface area contributed by atoms with Crippen LogP contribution in [0, 0.1) is 5.92 Å². The van der Waals surface area contributed by atoms with E-state index in [2.05, 4.69) is 41.5 Å². The molecule has 0 aliphatic heterocycles. The van der Waals surface area contributed by atoms with Crippen LogP contribution < -0.4 is 0 Å². The second kappa shape index (κ2) is 6.23. The van der Waals surface area contributed by atoms with Gasteiger partial charge in [0, 0.05) is 10.00 Å². The highest BCUT2D eigenvalue weighted by Gasteiger charge is 2.19. The molecular formula is C11H24S2. The van der Waals surface area contributed by atoms with Gasteiger partial charge in [0.05, 0.1) is 0 Å². The van der Waals surface area contributed by atoms with Crippen molar-refractivity contribution in [2.75, 3.05) is 0 Å². The van der Waals surface area contributed by atoms with E-state index in [1.807, 2.05) is 21.6 Å². The predicted octanol–water partition coefficient (Wildman–Crippen LogP) is 4.99. The Bertz CT molecular complexity index is 114. The molecule has 0 bridgehead atoms. The van der Waals surface area contributed by atoms with Crippen LogP contribution in [0.3, 0.4) is 0 Å². The van der Waals surface area contributed by atoms with Crippen molar-refractivity contribution in [3.63, 3.8) is 0 Å². The number of hydrogen-bond donors (Lipinski definition) is 0. The molecule has 80 valence electrons. The minimum absolute atomic E-state index is 0.444. The molecule has 0 atom stereocenters. The van der Waals surface area contributed by atoms with Gasteiger partial charge in [0.25, 0.3) is 0 Å². The maximum absolute atomic E-state index is 2.36. The Morgan fingerprint density at radius 2 is 1.62 bits per heavy atom. The molecule has 0 unspecified atom stereocenters. The maximum Gasteiger partial charge on any atom is 0.0207 e. The minimum atomic E-state index is 0.444. The SMILES string of the molecule is CC(C)CCC(C)(C)SSC(C)C. The van der Waals surface area contributed by atoms with Crippen LogP contribution in [0.1, 0.15) is 54.4 Å². The first-order valence-electron chi connectivity index (χ1n) is 5.18. The molecule has 0 rings (SSSR count). The van der Waals surface area contributed by atoms with Crippen molar-refractivity contribution in [3.8, 4) is 0 Å². The zero-order chi connectivity index (χ0) is 10.5. The van der Waals surface area contributed by atoms with Crippen molar-refractivity contribution < 1.29 is 0 Å². The van der Waals surface area contributed by atoms with E-state index < -0.39 is 0 Å². The van der Waals surface area contributed by atoms with E-state index in [0.717, 1.165) is 11.2 Å². The standard InChI is InChI=1S/C11H24S2/c1-9(2)7-8-11(5,6)13-12-10(3)4/h9-10H,7-8H2,1-6H3.